The Morgan fingerprint density at radius 3 is 2.92 bits per heavy atom. The van der Waals surface area contributed by atoms with Crippen molar-refractivity contribution in [3.8, 4) is 0 Å². The number of nitrogens with one attached hydrogen (secondary N) is 1. The van der Waals surface area contributed by atoms with E-state index in [4.69, 9.17) is 0 Å². The van der Waals surface area contributed by atoms with Crippen LogP contribution >= 0.6 is 0 Å². The molecule has 0 bridgehead atoms. The molecule has 0 unspecified atom stereocenters. The maximum absolute atomic E-state index is 13.8. The standard InChI is InChI=1S/C19H21FN4O/c20-16-4-2-1-3-13(16)9-19(25)24-11-14-5-6-17(15(14)12-24)23-18-10-21-7-8-22-18/h1-4,7-8,10,14-15,17H,5-6,9,11-12H2,(H,22,23)/t14-,15+,17+/m0/s1. The summed E-state index contributed by atoms with van der Waals surface area (Å²) in [6.45, 7) is 1.51. The average Bonchev–Trinajstić information content (AvgIpc) is 3.20. The smallest absolute Gasteiger partial charge is 0.227 e. The molecule has 1 aromatic heterocycles. The number of carbonyl (C=O) groups is 1. The normalized spacial score (nSPS) is 25.0. The van der Waals surface area contributed by atoms with Crippen LogP contribution in [-0.2, 0) is 11.2 Å². The van der Waals surface area contributed by atoms with Crippen LogP contribution in [0.5, 0.6) is 0 Å². The molecule has 4 rings (SSSR count). The molecule has 3 atom stereocenters. The fourth-order valence-corrected chi connectivity index (χ4v) is 4.13. The molecule has 1 amide bonds. The van der Waals surface area contributed by atoms with E-state index < -0.39 is 0 Å². The number of halogens is 1. The van der Waals surface area contributed by atoms with E-state index in [0.717, 1.165) is 31.7 Å². The Kier molecular flexibility index (Phi) is 4.34. The van der Waals surface area contributed by atoms with Gasteiger partial charge in [0.25, 0.3) is 0 Å². The van der Waals surface area contributed by atoms with Gasteiger partial charge in [-0.1, -0.05) is 18.2 Å². The van der Waals surface area contributed by atoms with Crippen molar-refractivity contribution in [2.75, 3.05) is 18.4 Å². The molecule has 25 heavy (non-hydrogen) atoms. The minimum Gasteiger partial charge on any atom is -0.366 e. The zero-order valence-corrected chi connectivity index (χ0v) is 13.9. The number of fused-ring (bicyclic) bond motifs is 1. The molecule has 1 saturated heterocycles. The number of hydrogen-bond acceptors (Lipinski definition) is 4. The number of hydrogen-bond donors (Lipinski definition) is 1. The van der Waals surface area contributed by atoms with E-state index in [2.05, 4.69) is 15.3 Å². The van der Waals surface area contributed by atoms with Crippen LogP contribution in [0.2, 0.25) is 0 Å². The monoisotopic (exact) mass is 340 g/mol. The van der Waals surface area contributed by atoms with Crippen molar-refractivity contribution in [3.05, 3.63) is 54.2 Å². The summed E-state index contributed by atoms with van der Waals surface area (Å²) >= 11 is 0. The third-order valence-electron chi connectivity index (χ3n) is 5.41. The summed E-state index contributed by atoms with van der Waals surface area (Å²) in [5, 5.41) is 3.46. The lowest BCUT2D eigenvalue weighted by Crippen LogP contribution is -2.34. The maximum atomic E-state index is 13.8. The first kappa shape index (κ1) is 16.0. The van der Waals surface area contributed by atoms with Gasteiger partial charge in [-0.25, -0.2) is 9.37 Å². The van der Waals surface area contributed by atoms with Crippen LogP contribution in [0.15, 0.2) is 42.9 Å². The van der Waals surface area contributed by atoms with Crippen LogP contribution < -0.4 is 5.32 Å². The fraction of sp³-hybridized carbons (Fsp3) is 0.421. The van der Waals surface area contributed by atoms with Crippen LogP contribution in [0, 0.1) is 17.7 Å². The predicted molar refractivity (Wildman–Crippen MR) is 92.3 cm³/mol. The van der Waals surface area contributed by atoms with Crippen molar-refractivity contribution in [2.45, 2.75) is 25.3 Å². The van der Waals surface area contributed by atoms with Crippen molar-refractivity contribution in [2.24, 2.45) is 11.8 Å². The van der Waals surface area contributed by atoms with Gasteiger partial charge in [0.2, 0.25) is 5.91 Å². The maximum Gasteiger partial charge on any atom is 0.227 e. The summed E-state index contributed by atoms with van der Waals surface area (Å²) in [6, 6.07) is 6.82. The lowest BCUT2D eigenvalue weighted by molar-refractivity contribution is -0.129. The summed E-state index contributed by atoms with van der Waals surface area (Å²) in [5.41, 5.74) is 0.471. The first-order chi connectivity index (χ1) is 12.2. The first-order valence-electron chi connectivity index (χ1n) is 8.74. The van der Waals surface area contributed by atoms with Gasteiger partial charge in [0, 0.05) is 37.4 Å². The Morgan fingerprint density at radius 1 is 1.24 bits per heavy atom. The van der Waals surface area contributed by atoms with Crippen molar-refractivity contribution in [1.82, 2.24) is 14.9 Å². The molecule has 1 N–H and O–H groups in total. The van der Waals surface area contributed by atoms with Crippen molar-refractivity contribution >= 4 is 11.7 Å². The minimum atomic E-state index is -0.308. The molecular weight excluding hydrogens is 319 g/mol. The second kappa shape index (κ2) is 6.78. The molecule has 1 saturated carbocycles. The number of aromatic nitrogens is 2. The highest BCUT2D eigenvalue weighted by Gasteiger charge is 2.44. The SMILES string of the molecule is O=C(Cc1ccccc1F)N1C[C@@H]2CC[C@@H](Nc3cnccn3)[C@@H]2C1. The number of anilines is 1. The van der Waals surface area contributed by atoms with Gasteiger partial charge in [0.05, 0.1) is 12.6 Å². The highest BCUT2D eigenvalue weighted by Crippen LogP contribution is 2.39. The Labute approximate surface area is 146 Å². The van der Waals surface area contributed by atoms with Crippen LogP contribution in [-0.4, -0.2) is 39.9 Å². The molecule has 6 heteroatoms. The van der Waals surface area contributed by atoms with Crippen molar-refractivity contribution < 1.29 is 9.18 Å². The summed E-state index contributed by atoms with van der Waals surface area (Å²) in [4.78, 5) is 22.8. The van der Waals surface area contributed by atoms with Gasteiger partial charge >= 0.3 is 0 Å². The molecular formula is C19H21FN4O. The molecule has 0 radical (unpaired) electrons. The average molecular weight is 340 g/mol. The van der Waals surface area contributed by atoms with E-state index in [-0.39, 0.29) is 18.1 Å². The van der Waals surface area contributed by atoms with Gasteiger partial charge in [0.1, 0.15) is 11.6 Å². The molecule has 2 fully saturated rings. The van der Waals surface area contributed by atoms with Gasteiger partial charge in [-0.15, -0.1) is 0 Å². The quantitative estimate of drug-likeness (QED) is 0.929. The van der Waals surface area contributed by atoms with Gasteiger partial charge in [-0.2, -0.15) is 0 Å². The number of nitrogens with zero attached hydrogens (tertiary/aromatic N) is 3. The van der Waals surface area contributed by atoms with Gasteiger partial charge in [-0.05, 0) is 30.4 Å². The van der Waals surface area contributed by atoms with Gasteiger partial charge in [0.15, 0.2) is 0 Å². The third-order valence-corrected chi connectivity index (χ3v) is 5.41. The third kappa shape index (κ3) is 3.34. The Morgan fingerprint density at radius 2 is 2.12 bits per heavy atom. The minimum absolute atomic E-state index is 0.0118. The van der Waals surface area contributed by atoms with Crippen LogP contribution in [0.4, 0.5) is 10.2 Å². The van der Waals surface area contributed by atoms with Crippen molar-refractivity contribution in [3.63, 3.8) is 0 Å². The van der Waals surface area contributed by atoms with Crippen LogP contribution in [0.1, 0.15) is 18.4 Å². The Balaban J connectivity index is 1.39. The number of amides is 1. The fourth-order valence-electron chi connectivity index (χ4n) is 4.13. The topological polar surface area (TPSA) is 58.1 Å². The predicted octanol–water partition coefficient (Wildman–Crippen LogP) is 2.51. The molecule has 130 valence electrons. The summed E-state index contributed by atoms with van der Waals surface area (Å²) in [7, 11) is 0. The lowest BCUT2D eigenvalue weighted by atomic mass is 9.98. The van der Waals surface area contributed by atoms with Crippen molar-refractivity contribution in [1.29, 1.82) is 0 Å². The zero-order valence-electron chi connectivity index (χ0n) is 13.9. The van der Waals surface area contributed by atoms with Crippen LogP contribution in [0.3, 0.4) is 0 Å². The zero-order chi connectivity index (χ0) is 17.2. The van der Waals surface area contributed by atoms with Gasteiger partial charge in [-0.3, -0.25) is 9.78 Å². The molecule has 1 aromatic carbocycles. The summed E-state index contributed by atoms with van der Waals surface area (Å²) in [6.07, 6.45) is 7.38. The molecule has 5 nitrogen and oxygen atoms in total. The number of rotatable bonds is 4. The van der Waals surface area contributed by atoms with Crippen LogP contribution in [0.25, 0.3) is 0 Å². The summed E-state index contributed by atoms with van der Waals surface area (Å²) in [5.74, 6) is 1.42. The van der Waals surface area contributed by atoms with E-state index >= 15 is 0 Å². The molecule has 2 heterocycles. The molecule has 2 aliphatic rings. The Bertz CT molecular complexity index is 754. The van der Waals surface area contributed by atoms with E-state index in [1.807, 2.05) is 4.90 Å². The molecule has 1 aliphatic heterocycles. The second-order valence-corrected chi connectivity index (χ2v) is 6.91. The molecule has 1 aliphatic carbocycles. The van der Waals surface area contributed by atoms with Gasteiger partial charge < -0.3 is 10.2 Å². The highest BCUT2D eigenvalue weighted by molar-refractivity contribution is 5.79. The van der Waals surface area contributed by atoms with E-state index in [1.165, 1.54) is 6.07 Å². The molecule has 0 spiro atoms. The Hall–Kier alpha value is -2.50. The second-order valence-electron chi connectivity index (χ2n) is 6.91. The van der Waals surface area contributed by atoms with E-state index in [0.29, 0.717) is 23.4 Å². The largest absolute Gasteiger partial charge is 0.366 e. The number of likely N-dealkylation sites (tertiary alicyclic amines) is 1. The lowest BCUT2D eigenvalue weighted by Gasteiger charge is -2.22. The number of carbonyl (C=O) groups excluding carboxylic acids is 1. The highest BCUT2D eigenvalue weighted by atomic mass is 19.1. The molecule has 2 aromatic rings. The van der Waals surface area contributed by atoms with E-state index in [1.54, 1.807) is 36.8 Å². The summed E-state index contributed by atoms with van der Waals surface area (Å²) < 4.78 is 13.8. The number of benzene rings is 1. The first-order valence-corrected chi connectivity index (χ1v) is 8.74. The van der Waals surface area contributed by atoms with E-state index in [9.17, 15) is 9.18 Å².